The number of carboxylic acid groups (broad SMARTS) is 1. The Labute approximate surface area is 243 Å². The number of amides is 6. The lowest BCUT2D eigenvalue weighted by Gasteiger charge is -2.31. The predicted molar refractivity (Wildman–Crippen MR) is 145 cm³/mol. The Hall–Kier alpha value is -3.79. The highest BCUT2D eigenvalue weighted by Crippen LogP contribution is 2.19. The molecule has 0 unspecified atom stereocenters. The lowest BCUT2D eigenvalue weighted by atomic mass is 10.0. The first-order valence-corrected chi connectivity index (χ1v) is 13.9. The summed E-state index contributed by atoms with van der Waals surface area (Å²) in [7, 11) is 0. The van der Waals surface area contributed by atoms with Crippen LogP contribution in [-0.4, -0.2) is 117 Å². The summed E-state index contributed by atoms with van der Waals surface area (Å²) >= 11 is 0. The molecule has 2 rings (SSSR count). The minimum atomic E-state index is -1.72. The summed E-state index contributed by atoms with van der Waals surface area (Å²) in [6.07, 6.45) is -3.05. The quantitative estimate of drug-likeness (QED) is 0.151. The van der Waals surface area contributed by atoms with Gasteiger partial charge >= 0.3 is 5.97 Å². The standard InChI is InChI=1S/C26H42N6O10/c1-11(2)9-15-21(37)28-16(10-18(35)36)22(38)30-19(13(4)33)24(40)27-12(3)26(42)32-8-6-7-17(32)23(39)31-20(14(5)34)25(41)29-15/h11-17,19-20,33-34H,6-10H2,1-5H3,(H,27,40)(H,28,37)(H,29,41)(H,30,38)(H,31,39)(H,35,36)/t12-,13-,14-,15+,16-,17-,19+,20-/m1/s1. The first-order valence-electron chi connectivity index (χ1n) is 13.9. The Morgan fingerprint density at radius 1 is 0.786 bits per heavy atom. The van der Waals surface area contributed by atoms with Crippen molar-refractivity contribution in [3.63, 3.8) is 0 Å². The van der Waals surface area contributed by atoms with Crippen LogP contribution in [0.15, 0.2) is 0 Å². The van der Waals surface area contributed by atoms with Gasteiger partial charge in [-0.25, -0.2) is 0 Å². The van der Waals surface area contributed by atoms with Crippen LogP contribution < -0.4 is 26.6 Å². The van der Waals surface area contributed by atoms with Crippen molar-refractivity contribution in [2.75, 3.05) is 6.54 Å². The highest BCUT2D eigenvalue weighted by Gasteiger charge is 2.40. The summed E-state index contributed by atoms with van der Waals surface area (Å²) in [4.78, 5) is 91.8. The zero-order chi connectivity index (χ0) is 31.9. The largest absolute Gasteiger partial charge is 0.481 e. The molecule has 16 nitrogen and oxygen atoms in total. The normalized spacial score (nSPS) is 30.1. The van der Waals surface area contributed by atoms with Crippen molar-refractivity contribution >= 4 is 41.4 Å². The van der Waals surface area contributed by atoms with E-state index in [1.54, 1.807) is 13.8 Å². The average molecular weight is 599 g/mol. The molecule has 8 N–H and O–H groups in total. The number of carboxylic acids is 1. The van der Waals surface area contributed by atoms with Crippen molar-refractivity contribution in [2.24, 2.45) is 5.92 Å². The number of nitrogens with one attached hydrogen (secondary N) is 5. The van der Waals surface area contributed by atoms with Gasteiger partial charge in [-0.3, -0.25) is 33.6 Å². The fourth-order valence-electron chi connectivity index (χ4n) is 4.85. The van der Waals surface area contributed by atoms with Gasteiger partial charge in [-0.15, -0.1) is 0 Å². The molecule has 8 atom stereocenters. The van der Waals surface area contributed by atoms with Crippen molar-refractivity contribution in [1.29, 1.82) is 0 Å². The highest BCUT2D eigenvalue weighted by molar-refractivity contribution is 5.99. The van der Waals surface area contributed by atoms with E-state index in [-0.39, 0.29) is 25.3 Å². The molecule has 0 saturated carbocycles. The molecule has 236 valence electrons. The topological polar surface area (TPSA) is 244 Å². The SMILES string of the molecule is CC(C)C[C@@H]1NC(=O)[C@@H]([C@@H](C)O)NC(=O)[C@H]2CCCN2C(=O)[C@@H](C)NC(=O)[C@H]([C@@H](C)O)NC(=O)[C@@H](CC(=O)O)NC1=O. The number of hydrogen-bond donors (Lipinski definition) is 8. The fraction of sp³-hybridized carbons (Fsp3) is 0.731. The van der Waals surface area contributed by atoms with E-state index in [4.69, 9.17) is 0 Å². The predicted octanol–water partition coefficient (Wildman–Crippen LogP) is -3.28. The second-order valence-electron chi connectivity index (χ2n) is 11.2. The van der Waals surface area contributed by atoms with Crippen LogP contribution >= 0.6 is 0 Å². The smallest absolute Gasteiger partial charge is 0.305 e. The van der Waals surface area contributed by atoms with Gasteiger partial charge in [-0.05, 0) is 46.0 Å². The number of hydrogen-bond acceptors (Lipinski definition) is 9. The van der Waals surface area contributed by atoms with Gasteiger partial charge in [0.05, 0.1) is 18.6 Å². The minimum absolute atomic E-state index is 0.0426. The first kappa shape index (κ1) is 34.4. The number of aliphatic hydroxyl groups is 2. The summed E-state index contributed by atoms with van der Waals surface area (Å²) in [5, 5.41) is 41.7. The molecule has 0 radical (unpaired) electrons. The van der Waals surface area contributed by atoms with Gasteiger partial charge in [0.25, 0.3) is 0 Å². The number of aliphatic hydroxyl groups excluding tert-OH is 2. The third kappa shape index (κ3) is 9.11. The summed E-state index contributed by atoms with van der Waals surface area (Å²) in [5.74, 6) is -6.88. The molecule has 0 aromatic carbocycles. The minimum Gasteiger partial charge on any atom is -0.481 e. The second-order valence-corrected chi connectivity index (χ2v) is 11.2. The molecule has 0 spiro atoms. The molecule has 2 heterocycles. The zero-order valence-electron chi connectivity index (χ0n) is 24.4. The Bertz CT molecular complexity index is 1060. The van der Waals surface area contributed by atoms with E-state index in [2.05, 4.69) is 26.6 Å². The Balaban J connectivity index is 2.54. The van der Waals surface area contributed by atoms with Gasteiger partial charge in [0, 0.05) is 6.54 Å². The molecule has 0 aromatic rings. The number of nitrogens with zero attached hydrogens (tertiary/aromatic N) is 1. The lowest BCUT2D eigenvalue weighted by molar-refractivity contribution is -0.144. The molecule has 16 heteroatoms. The number of fused-ring (bicyclic) bond motifs is 1. The van der Waals surface area contributed by atoms with Crippen LogP contribution in [0.5, 0.6) is 0 Å². The number of carbonyl (C=O) groups excluding carboxylic acids is 6. The molecule has 0 bridgehead atoms. The molecule has 42 heavy (non-hydrogen) atoms. The maximum Gasteiger partial charge on any atom is 0.305 e. The zero-order valence-corrected chi connectivity index (χ0v) is 24.4. The first-order chi connectivity index (χ1) is 19.5. The number of rotatable bonds is 6. The fourth-order valence-corrected chi connectivity index (χ4v) is 4.85. The third-order valence-electron chi connectivity index (χ3n) is 7.04. The molecule has 2 aliphatic rings. The Morgan fingerprint density at radius 3 is 1.81 bits per heavy atom. The van der Waals surface area contributed by atoms with E-state index >= 15 is 0 Å². The van der Waals surface area contributed by atoms with E-state index in [9.17, 15) is 48.9 Å². The van der Waals surface area contributed by atoms with E-state index in [0.29, 0.717) is 6.42 Å². The van der Waals surface area contributed by atoms with E-state index in [0.717, 1.165) is 0 Å². The average Bonchev–Trinajstić information content (AvgIpc) is 3.37. The van der Waals surface area contributed by atoms with Crippen LogP contribution in [-0.2, 0) is 33.6 Å². The van der Waals surface area contributed by atoms with E-state index in [1.165, 1.54) is 25.7 Å². The van der Waals surface area contributed by atoms with E-state index in [1.807, 2.05) is 0 Å². The Kier molecular flexibility index (Phi) is 12.2. The van der Waals surface area contributed by atoms with Crippen molar-refractivity contribution in [3.8, 4) is 0 Å². The summed E-state index contributed by atoms with van der Waals surface area (Å²) in [6.45, 7) is 7.47. The van der Waals surface area contributed by atoms with E-state index < -0.39 is 96.3 Å². The highest BCUT2D eigenvalue weighted by atomic mass is 16.4. The summed E-state index contributed by atoms with van der Waals surface area (Å²) in [5.41, 5.74) is 0. The molecule has 2 aliphatic heterocycles. The lowest BCUT2D eigenvalue weighted by Crippen LogP contribution is -2.63. The summed E-state index contributed by atoms with van der Waals surface area (Å²) < 4.78 is 0. The maximum atomic E-state index is 13.3. The Morgan fingerprint density at radius 2 is 1.29 bits per heavy atom. The van der Waals surface area contributed by atoms with Gasteiger partial charge < -0.3 is 46.8 Å². The number of carbonyl (C=O) groups is 7. The van der Waals surface area contributed by atoms with Crippen molar-refractivity contribution < 1.29 is 48.9 Å². The van der Waals surface area contributed by atoms with Gasteiger partial charge in [-0.1, -0.05) is 13.8 Å². The molecule has 0 aromatic heterocycles. The maximum absolute atomic E-state index is 13.3. The van der Waals surface area contributed by atoms with Gasteiger partial charge in [0.2, 0.25) is 35.4 Å². The molecular weight excluding hydrogens is 556 g/mol. The molecular formula is C26H42N6O10. The molecule has 0 aliphatic carbocycles. The van der Waals surface area contributed by atoms with Gasteiger partial charge in [0.1, 0.15) is 36.3 Å². The third-order valence-corrected chi connectivity index (χ3v) is 7.04. The van der Waals surface area contributed by atoms with Crippen molar-refractivity contribution in [1.82, 2.24) is 31.5 Å². The van der Waals surface area contributed by atoms with Gasteiger partial charge in [-0.2, -0.15) is 0 Å². The molecule has 2 fully saturated rings. The van der Waals surface area contributed by atoms with Crippen LogP contribution in [0.2, 0.25) is 0 Å². The number of aliphatic carboxylic acids is 1. The van der Waals surface area contributed by atoms with Crippen molar-refractivity contribution in [3.05, 3.63) is 0 Å². The van der Waals surface area contributed by atoms with Crippen LogP contribution in [0.25, 0.3) is 0 Å². The molecule has 6 amide bonds. The van der Waals surface area contributed by atoms with Crippen LogP contribution in [0.3, 0.4) is 0 Å². The van der Waals surface area contributed by atoms with Crippen LogP contribution in [0.4, 0.5) is 0 Å². The van der Waals surface area contributed by atoms with Crippen LogP contribution in [0, 0.1) is 5.92 Å². The monoisotopic (exact) mass is 598 g/mol. The summed E-state index contributed by atoms with van der Waals surface area (Å²) in [6, 6.07) is -8.38. The second kappa shape index (κ2) is 14.9. The van der Waals surface area contributed by atoms with Gasteiger partial charge in [0.15, 0.2) is 0 Å². The van der Waals surface area contributed by atoms with Crippen molar-refractivity contribution in [2.45, 2.75) is 109 Å². The molecule has 2 saturated heterocycles. The van der Waals surface area contributed by atoms with Crippen LogP contribution in [0.1, 0.15) is 60.3 Å².